The molecule has 0 aromatic rings. The highest BCUT2D eigenvalue weighted by Gasteiger charge is 2.08. The number of nitrogens with two attached hydrogens (primary N) is 2. The fourth-order valence-electron chi connectivity index (χ4n) is 4.96. The lowest BCUT2D eigenvalue weighted by Crippen LogP contribution is -2.40. The molecule has 0 aromatic heterocycles. The van der Waals surface area contributed by atoms with Gasteiger partial charge in [-0.25, -0.2) is 0 Å². The summed E-state index contributed by atoms with van der Waals surface area (Å²) in [4.78, 5) is 5.18. The van der Waals surface area contributed by atoms with E-state index in [-0.39, 0.29) is 0 Å². The smallest absolute Gasteiger partial charge is 0.0110 e. The van der Waals surface area contributed by atoms with Gasteiger partial charge in [-0.15, -0.1) is 0 Å². The summed E-state index contributed by atoms with van der Waals surface area (Å²) in [6.07, 6.45) is 28.1. The summed E-state index contributed by atoms with van der Waals surface area (Å²) < 4.78 is 0. The van der Waals surface area contributed by atoms with E-state index in [9.17, 15) is 0 Å². The highest BCUT2D eigenvalue weighted by molar-refractivity contribution is 4.65. The Morgan fingerprint density at radius 3 is 0.853 bits per heavy atom. The molecule has 0 aromatic carbocycles. The first-order valence-electron chi connectivity index (χ1n) is 15.6. The Morgan fingerprint density at radius 1 is 0.324 bits per heavy atom. The molecule has 0 saturated heterocycles. The molecular formula is C30H66N4. The summed E-state index contributed by atoms with van der Waals surface area (Å²) >= 11 is 0. The van der Waals surface area contributed by atoms with E-state index in [1.807, 2.05) is 0 Å². The fraction of sp³-hybridized carbons (Fsp3) is 1.00. The zero-order valence-corrected chi connectivity index (χ0v) is 23.8. The van der Waals surface area contributed by atoms with Gasteiger partial charge in [-0.1, -0.05) is 129 Å². The second kappa shape index (κ2) is 29.1. The Morgan fingerprint density at radius 2 is 0.588 bits per heavy atom. The van der Waals surface area contributed by atoms with Crippen molar-refractivity contribution in [1.82, 2.24) is 9.80 Å². The van der Waals surface area contributed by atoms with Gasteiger partial charge in [0.05, 0.1) is 0 Å². The maximum atomic E-state index is 5.91. The molecule has 0 spiro atoms. The summed E-state index contributed by atoms with van der Waals surface area (Å²) in [7, 11) is 0. The Balaban J connectivity index is 3.81. The average Bonchev–Trinajstić information content (AvgIpc) is 2.84. The van der Waals surface area contributed by atoms with Crippen LogP contribution in [-0.2, 0) is 0 Å². The minimum absolute atomic E-state index is 0.771. The molecule has 0 bridgehead atoms. The van der Waals surface area contributed by atoms with Crippen LogP contribution in [0.2, 0.25) is 0 Å². The van der Waals surface area contributed by atoms with Crippen molar-refractivity contribution >= 4 is 0 Å². The van der Waals surface area contributed by atoms with Gasteiger partial charge in [0.2, 0.25) is 0 Å². The first-order valence-corrected chi connectivity index (χ1v) is 15.6. The standard InChI is InChI=1S/C30H66N4/c1-3-5-7-9-11-13-15-17-19-21-25-33(27-23-31)29-30-34(28-24-32)26-22-20-18-16-14-12-10-8-6-4-2/h3-32H2,1-2H3. The van der Waals surface area contributed by atoms with Gasteiger partial charge in [0.1, 0.15) is 0 Å². The molecule has 0 heterocycles. The van der Waals surface area contributed by atoms with Gasteiger partial charge < -0.3 is 21.3 Å². The number of rotatable bonds is 29. The van der Waals surface area contributed by atoms with Gasteiger partial charge in [-0.05, 0) is 25.9 Å². The van der Waals surface area contributed by atoms with Crippen molar-refractivity contribution in [2.45, 2.75) is 142 Å². The monoisotopic (exact) mass is 483 g/mol. The summed E-state index contributed by atoms with van der Waals surface area (Å²) in [5.41, 5.74) is 11.8. The maximum absolute atomic E-state index is 5.91. The molecule has 0 unspecified atom stereocenters. The normalized spacial score (nSPS) is 11.8. The molecule has 4 N–H and O–H groups in total. The van der Waals surface area contributed by atoms with Crippen LogP contribution >= 0.6 is 0 Å². The topological polar surface area (TPSA) is 58.5 Å². The average molecular weight is 483 g/mol. The van der Waals surface area contributed by atoms with Gasteiger partial charge in [0.25, 0.3) is 0 Å². The van der Waals surface area contributed by atoms with E-state index in [0.29, 0.717) is 0 Å². The zero-order chi connectivity index (χ0) is 25.0. The summed E-state index contributed by atoms with van der Waals surface area (Å²) in [5.74, 6) is 0. The third-order valence-corrected chi connectivity index (χ3v) is 7.28. The predicted octanol–water partition coefficient (Wildman–Crippen LogP) is 7.35. The van der Waals surface area contributed by atoms with E-state index in [0.717, 1.165) is 39.3 Å². The van der Waals surface area contributed by atoms with Crippen molar-refractivity contribution in [3.63, 3.8) is 0 Å². The molecule has 0 atom stereocenters. The van der Waals surface area contributed by atoms with Crippen LogP contribution in [0.4, 0.5) is 0 Å². The largest absolute Gasteiger partial charge is 0.329 e. The van der Waals surface area contributed by atoms with E-state index in [2.05, 4.69) is 23.6 Å². The second-order valence-electron chi connectivity index (χ2n) is 10.6. The van der Waals surface area contributed by atoms with Crippen molar-refractivity contribution in [2.75, 3.05) is 52.4 Å². The Bertz CT molecular complexity index is 330. The second-order valence-corrected chi connectivity index (χ2v) is 10.6. The van der Waals surface area contributed by atoms with Gasteiger partial charge in [0, 0.05) is 39.3 Å². The minimum Gasteiger partial charge on any atom is -0.329 e. The number of nitrogens with zero attached hydrogens (tertiary/aromatic N) is 2. The van der Waals surface area contributed by atoms with Crippen molar-refractivity contribution in [3.8, 4) is 0 Å². The van der Waals surface area contributed by atoms with E-state index >= 15 is 0 Å². The minimum atomic E-state index is 0.771. The van der Waals surface area contributed by atoms with Crippen molar-refractivity contribution in [2.24, 2.45) is 11.5 Å². The Hall–Kier alpha value is -0.160. The van der Waals surface area contributed by atoms with Crippen LogP contribution in [-0.4, -0.2) is 62.2 Å². The number of unbranched alkanes of at least 4 members (excludes halogenated alkanes) is 18. The zero-order valence-electron chi connectivity index (χ0n) is 23.8. The third kappa shape index (κ3) is 24.9. The molecule has 0 saturated carbocycles. The van der Waals surface area contributed by atoms with Crippen molar-refractivity contribution in [3.05, 3.63) is 0 Å². The van der Waals surface area contributed by atoms with Gasteiger partial charge >= 0.3 is 0 Å². The lowest BCUT2D eigenvalue weighted by Gasteiger charge is -2.27. The van der Waals surface area contributed by atoms with E-state index < -0.39 is 0 Å². The van der Waals surface area contributed by atoms with Crippen LogP contribution in [0.15, 0.2) is 0 Å². The van der Waals surface area contributed by atoms with Crippen LogP contribution in [0.5, 0.6) is 0 Å². The summed E-state index contributed by atoms with van der Waals surface area (Å²) in [5, 5.41) is 0. The molecule has 0 aliphatic carbocycles. The maximum Gasteiger partial charge on any atom is 0.0110 e. The van der Waals surface area contributed by atoms with Gasteiger partial charge in [-0.3, -0.25) is 0 Å². The number of hydrogen-bond acceptors (Lipinski definition) is 4. The van der Waals surface area contributed by atoms with Crippen LogP contribution < -0.4 is 11.5 Å². The molecule has 0 aliphatic heterocycles. The molecule has 34 heavy (non-hydrogen) atoms. The van der Waals surface area contributed by atoms with Crippen molar-refractivity contribution < 1.29 is 0 Å². The molecule has 0 radical (unpaired) electrons. The van der Waals surface area contributed by atoms with Crippen molar-refractivity contribution in [1.29, 1.82) is 0 Å². The molecule has 0 rings (SSSR count). The molecular weight excluding hydrogens is 416 g/mol. The quantitative estimate of drug-likeness (QED) is 0.109. The molecule has 4 heteroatoms. The van der Waals surface area contributed by atoms with Crippen LogP contribution in [0.25, 0.3) is 0 Å². The van der Waals surface area contributed by atoms with Gasteiger partial charge in [-0.2, -0.15) is 0 Å². The van der Waals surface area contributed by atoms with E-state index in [1.165, 1.54) is 142 Å². The van der Waals surface area contributed by atoms with E-state index in [4.69, 9.17) is 11.5 Å². The Kier molecular flexibility index (Phi) is 28.9. The first-order chi connectivity index (χ1) is 16.8. The summed E-state index contributed by atoms with van der Waals surface area (Å²) in [6.45, 7) is 12.9. The van der Waals surface area contributed by atoms with Gasteiger partial charge in [0.15, 0.2) is 0 Å². The fourth-order valence-corrected chi connectivity index (χ4v) is 4.96. The highest BCUT2D eigenvalue weighted by atomic mass is 15.2. The molecule has 0 amide bonds. The first kappa shape index (κ1) is 33.8. The highest BCUT2D eigenvalue weighted by Crippen LogP contribution is 2.12. The molecule has 4 nitrogen and oxygen atoms in total. The summed E-state index contributed by atoms with van der Waals surface area (Å²) in [6, 6.07) is 0. The Labute approximate surface area is 216 Å². The lowest BCUT2D eigenvalue weighted by molar-refractivity contribution is 0.203. The molecule has 0 fully saturated rings. The van der Waals surface area contributed by atoms with Crippen LogP contribution in [0, 0.1) is 0 Å². The molecule has 0 aliphatic rings. The number of hydrogen-bond donors (Lipinski definition) is 2. The van der Waals surface area contributed by atoms with E-state index in [1.54, 1.807) is 0 Å². The SMILES string of the molecule is CCCCCCCCCCCCN(CCN)CCN(CCN)CCCCCCCCCCCC. The van der Waals surface area contributed by atoms with Crippen LogP contribution in [0.1, 0.15) is 142 Å². The predicted molar refractivity (Wildman–Crippen MR) is 155 cm³/mol. The molecule has 206 valence electrons. The lowest BCUT2D eigenvalue weighted by atomic mass is 10.1. The third-order valence-electron chi connectivity index (χ3n) is 7.28. The van der Waals surface area contributed by atoms with Crippen LogP contribution in [0.3, 0.4) is 0 Å².